The van der Waals surface area contributed by atoms with Gasteiger partial charge in [-0.2, -0.15) is 0 Å². The van der Waals surface area contributed by atoms with Crippen LogP contribution in [0.5, 0.6) is 0 Å². The number of hydrogen-bond acceptors (Lipinski definition) is 4. The van der Waals surface area contributed by atoms with Crippen molar-refractivity contribution in [3.05, 3.63) is 35.9 Å². The fourth-order valence-corrected chi connectivity index (χ4v) is 3.32. The van der Waals surface area contributed by atoms with E-state index in [4.69, 9.17) is 5.11 Å². The number of amides is 1. The first-order chi connectivity index (χ1) is 12.1. The van der Waals surface area contributed by atoms with Gasteiger partial charge in [-0.1, -0.05) is 30.3 Å². The molecular formula is C19H29N3O3. The molecule has 1 aromatic rings. The molecule has 2 rings (SSSR count). The number of aliphatic carboxylic acids is 1. The Bertz CT molecular complexity index is 550. The number of rotatable bonds is 9. The molecule has 1 fully saturated rings. The second-order valence-corrected chi connectivity index (χ2v) is 6.66. The molecule has 2 N–H and O–H groups in total. The van der Waals surface area contributed by atoms with E-state index in [9.17, 15) is 9.59 Å². The molecule has 1 heterocycles. The van der Waals surface area contributed by atoms with Crippen molar-refractivity contribution in [2.45, 2.75) is 26.3 Å². The van der Waals surface area contributed by atoms with E-state index in [1.807, 2.05) is 42.2 Å². The maximum absolute atomic E-state index is 12.6. The number of carboxylic acids is 1. The van der Waals surface area contributed by atoms with Crippen molar-refractivity contribution in [3.63, 3.8) is 0 Å². The largest absolute Gasteiger partial charge is 0.480 e. The zero-order valence-corrected chi connectivity index (χ0v) is 15.0. The van der Waals surface area contributed by atoms with Gasteiger partial charge in [0, 0.05) is 19.6 Å². The smallest absolute Gasteiger partial charge is 0.317 e. The van der Waals surface area contributed by atoms with Crippen molar-refractivity contribution in [2.75, 3.05) is 39.3 Å². The van der Waals surface area contributed by atoms with Crippen LogP contribution in [0.15, 0.2) is 30.3 Å². The maximum Gasteiger partial charge on any atom is 0.317 e. The molecule has 0 spiro atoms. The third-order valence-electron chi connectivity index (χ3n) is 4.62. The standard InChI is InChI=1S/C19H29N3O3/c1-2-22(14-16-7-4-3-5-8-16)18(23)15-21-10-6-9-17(13-21)11-20-12-19(24)25/h3-5,7-8,17,20H,2,6,9-15H2,1H3,(H,24,25). The van der Waals surface area contributed by atoms with Gasteiger partial charge in [-0.3, -0.25) is 14.5 Å². The summed E-state index contributed by atoms with van der Waals surface area (Å²) in [6, 6.07) is 10.1. The highest BCUT2D eigenvalue weighted by Crippen LogP contribution is 2.16. The zero-order chi connectivity index (χ0) is 18.1. The van der Waals surface area contributed by atoms with E-state index in [-0.39, 0.29) is 12.5 Å². The van der Waals surface area contributed by atoms with Gasteiger partial charge in [0.1, 0.15) is 0 Å². The Morgan fingerprint density at radius 3 is 2.76 bits per heavy atom. The van der Waals surface area contributed by atoms with Gasteiger partial charge in [0.2, 0.25) is 5.91 Å². The van der Waals surface area contributed by atoms with E-state index in [2.05, 4.69) is 10.2 Å². The van der Waals surface area contributed by atoms with Gasteiger partial charge in [-0.15, -0.1) is 0 Å². The lowest BCUT2D eigenvalue weighted by molar-refractivity contribution is -0.136. The molecular weight excluding hydrogens is 318 g/mol. The summed E-state index contributed by atoms with van der Waals surface area (Å²) in [5.74, 6) is -0.266. The first kappa shape index (κ1) is 19.4. The van der Waals surface area contributed by atoms with E-state index in [0.29, 0.717) is 32.1 Å². The molecule has 1 unspecified atom stereocenters. The first-order valence-electron chi connectivity index (χ1n) is 9.05. The van der Waals surface area contributed by atoms with Crippen LogP contribution in [-0.4, -0.2) is 66.1 Å². The molecule has 1 aliphatic rings. The summed E-state index contributed by atoms with van der Waals surface area (Å²) in [5, 5.41) is 11.7. The van der Waals surface area contributed by atoms with Gasteiger partial charge in [0.15, 0.2) is 0 Å². The van der Waals surface area contributed by atoms with Crippen molar-refractivity contribution in [2.24, 2.45) is 5.92 Å². The van der Waals surface area contributed by atoms with Crippen LogP contribution in [-0.2, 0) is 16.1 Å². The van der Waals surface area contributed by atoms with Crippen LogP contribution in [0, 0.1) is 5.92 Å². The number of piperidine rings is 1. The summed E-state index contributed by atoms with van der Waals surface area (Å²) >= 11 is 0. The predicted molar refractivity (Wildman–Crippen MR) is 97.2 cm³/mol. The molecule has 25 heavy (non-hydrogen) atoms. The lowest BCUT2D eigenvalue weighted by atomic mass is 9.98. The molecule has 138 valence electrons. The molecule has 0 aromatic heterocycles. The third kappa shape index (κ3) is 6.84. The van der Waals surface area contributed by atoms with E-state index in [1.165, 1.54) is 0 Å². The van der Waals surface area contributed by atoms with Gasteiger partial charge in [-0.25, -0.2) is 0 Å². The third-order valence-corrected chi connectivity index (χ3v) is 4.62. The summed E-state index contributed by atoms with van der Waals surface area (Å²) in [7, 11) is 0. The Morgan fingerprint density at radius 2 is 2.08 bits per heavy atom. The van der Waals surface area contributed by atoms with E-state index >= 15 is 0 Å². The predicted octanol–water partition coefficient (Wildman–Crippen LogP) is 1.42. The Kier molecular flexibility index (Phi) is 7.88. The van der Waals surface area contributed by atoms with Gasteiger partial charge < -0.3 is 15.3 Å². The number of nitrogens with zero attached hydrogens (tertiary/aromatic N) is 2. The highest BCUT2D eigenvalue weighted by atomic mass is 16.4. The molecule has 0 aliphatic carbocycles. The summed E-state index contributed by atoms with van der Waals surface area (Å²) in [6.45, 7) is 6.27. The van der Waals surface area contributed by atoms with Gasteiger partial charge >= 0.3 is 5.97 Å². The molecule has 0 saturated carbocycles. The normalized spacial score (nSPS) is 18.0. The highest BCUT2D eigenvalue weighted by molar-refractivity contribution is 5.78. The average molecular weight is 347 g/mol. The van der Waals surface area contributed by atoms with Crippen molar-refractivity contribution in [1.82, 2.24) is 15.1 Å². The van der Waals surface area contributed by atoms with Crippen LogP contribution in [0.4, 0.5) is 0 Å². The van der Waals surface area contributed by atoms with Crippen LogP contribution >= 0.6 is 0 Å². The number of likely N-dealkylation sites (tertiary alicyclic amines) is 1. The molecule has 1 saturated heterocycles. The molecule has 6 nitrogen and oxygen atoms in total. The number of carboxylic acid groups (broad SMARTS) is 1. The monoisotopic (exact) mass is 347 g/mol. The molecule has 1 aliphatic heterocycles. The molecule has 1 atom stereocenters. The minimum Gasteiger partial charge on any atom is -0.480 e. The quantitative estimate of drug-likeness (QED) is 0.707. The molecule has 0 radical (unpaired) electrons. The van der Waals surface area contributed by atoms with E-state index in [0.717, 1.165) is 31.5 Å². The topological polar surface area (TPSA) is 72.9 Å². The Hall–Kier alpha value is -1.92. The van der Waals surface area contributed by atoms with E-state index < -0.39 is 5.97 Å². The Balaban J connectivity index is 1.80. The first-order valence-corrected chi connectivity index (χ1v) is 9.05. The summed E-state index contributed by atoms with van der Waals surface area (Å²) < 4.78 is 0. The summed E-state index contributed by atoms with van der Waals surface area (Å²) in [5.41, 5.74) is 1.15. The lowest BCUT2D eigenvalue weighted by Crippen LogP contribution is -2.46. The number of carbonyl (C=O) groups excluding carboxylic acids is 1. The molecule has 6 heteroatoms. The van der Waals surface area contributed by atoms with Crippen molar-refractivity contribution in [1.29, 1.82) is 0 Å². The summed E-state index contributed by atoms with van der Waals surface area (Å²) in [6.07, 6.45) is 2.14. The SMILES string of the molecule is CCN(Cc1ccccc1)C(=O)CN1CCCC(CNCC(=O)O)C1. The minimum atomic E-state index is -0.831. The van der Waals surface area contributed by atoms with Crippen LogP contribution in [0.25, 0.3) is 0 Å². The maximum atomic E-state index is 12.6. The number of nitrogens with one attached hydrogen (secondary N) is 1. The van der Waals surface area contributed by atoms with Crippen LogP contribution < -0.4 is 5.32 Å². The highest BCUT2D eigenvalue weighted by Gasteiger charge is 2.23. The van der Waals surface area contributed by atoms with Crippen molar-refractivity contribution >= 4 is 11.9 Å². The average Bonchev–Trinajstić information content (AvgIpc) is 2.60. The van der Waals surface area contributed by atoms with E-state index in [1.54, 1.807) is 0 Å². The van der Waals surface area contributed by atoms with Gasteiger partial charge in [0.05, 0.1) is 13.1 Å². The summed E-state index contributed by atoms with van der Waals surface area (Å²) in [4.78, 5) is 27.3. The van der Waals surface area contributed by atoms with Crippen molar-refractivity contribution in [3.8, 4) is 0 Å². The van der Waals surface area contributed by atoms with Crippen molar-refractivity contribution < 1.29 is 14.7 Å². The van der Waals surface area contributed by atoms with Gasteiger partial charge in [0.25, 0.3) is 0 Å². The number of carbonyl (C=O) groups is 2. The number of likely N-dealkylation sites (N-methyl/N-ethyl adjacent to an activating group) is 1. The zero-order valence-electron chi connectivity index (χ0n) is 15.0. The second-order valence-electron chi connectivity index (χ2n) is 6.66. The fraction of sp³-hybridized carbons (Fsp3) is 0.579. The number of hydrogen-bond donors (Lipinski definition) is 2. The molecule has 1 amide bonds. The second kappa shape index (κ2) is 10.2. The fourth-order valence-electron chi connectivity index (χ4n) is 3.32. The minimum absolute atomic E-state index is 0.00385. The van der Waals surface area contributed by atoms with Gasteiger partial charge in [-0.05, 0) is 44.3 Å². The molecule has 0 bridgehead atoms. The van der Waals surface area contributed by atoms with Crippen LogP contribution in [0.3, 0.4) is 0 Å². The number of benzene rings is 1. The molecule has 1 aromatic carbocycles. The lowest BCUT2D eigenvalue weighted by Gasteiger charge is -2.33. The Labute approximate surface area is 149 Å². The van der Waals surface area contributed by atoms with Crippen LogP contribution in [0.1, 0.15) is 25.3 Å². The van der Waals surface area contributed by atoms with Crippen LogP contribution in [0.2, 0.25) is 0 Å². The Morgan fingerprint density at radius 1 is 1.32 bits per heavy atom.